The van der Waals surface area contributed by atoms with Gasteiger partial charge in [-0.25, -0.2) is 0 Å². The van der Waals surface area contributed by atoms with Crippen molar-refractivity contribution in [2.24, 2.45) is 5.92 Å². The van der Waals surface area contributed by atoms with Crippen LogP contribution in [0.4, 0.5) is 0 Å². The second kappa shape index (κ2) is 7.93. The van der Waals surface area contributed by atoms with Crippen molar-refractivity contribution < 1.29 is 9.53 Å². The molecule has 1 aromatic rings. The summed E-state index contributed by atoms with van der Waals surface area (Å²) >= 11 is 0. The van der Waals surface area contributed by atoms with Gasteiger partial charge in [0.15, 0.2) is 0 Å². The normalized spacial score (nSPS) is 26.7. The molecule has 1 heterocycles. The largest absolute Gasteiger partial charge is 0.377 e. The van der Waals surface area contributed by atoms with Gasteiger partial charge in [0.2, 0.25) is 5.91 Å². The summed E-state index contributed by atoms with van der Waals surface area (Å²) in [5.41, 5.74) is 2.30. The van der Waals surface area contributed by atoms with Gasteiger partial charge >= 0.3 is 0 Å². The van der Waals surface area contributed by atoms with Crippen molar-refractivity contribution in [1.82, 2.24) is 10.6 Å². The van der Waals surface area contributed by atoms with E-state index in [2.05, 4.69) is 22.8 Å². The van der Waals surface area contributed by atoms with E-state index in [1.807, 2.05) is 19.1 Å². The first kappa shape index (κ1) is 16.5. The van der Waals surface area contributed by atoms with Gasteiger partial charge in [0.25, 0.3) is 0 Å². The highest BCUT2D eigenvalue weighted by Crippen LogP contribution is 2.33. The molecule has 2 aliphatic rings. The van der Waals surface area contributed by atoms with Crippen LogP contribution >= 0.6 is 0 Å². The fourth-order valence-electron chi connectivity index (χ4n) is 3.91. The Morgan fingerprint density at radius 2 is 2.04 bits per heavy atom. The van der Waals surface area contributed by atoms with E-state index in [1.165, 1.54) is 25.7 Å². The molecule has 4 heteroatoms. The first-order valence-electron chi connectivity index (χ1n) is 8.96. The molecule has 126 valence electrons. The molecular weight excluding hydrogens is 288 g/mol. The smallest absolute Gasteiger partial charge is 0.237 e. The minimum atomic E-state index is -0.0119. The summed E-state index contributed by atoms with van der Waals surface area (Å²) in [6.07, 6.45) is 6.12. The number of hydrogen-bond acceptors (Lipinski definition) is 3. The van der Waals surface area contributed by atoms with Crippen molar-refractivity contribution in [1.29, 1.82) is 0 Å². The Kier molecular flexibility index (Phi) is 5.68. The number of rotatable bonds is 6. The molecule has 1 amide bonds. The van der Waals surface area contributed by atoms with Gasteiger partial charge in [-0.2, -0.15) is 0 Å². The molecule has 0 radical (unpaired) electrons. The molecule has 1 aromatic carbocycles. The first-order valence-corrected chi connectivity index (χ1v) is 8.96. The zero-order chi connectivity index (χ0) is 16.1. The second-order valence-electron chi connectivity index (χ2n) is 6.73. The lowest BCUT2D eigenvalue weighted by atomic mass is 9.85. The van der Waals surface area contributed by atoms with E-state index in [1.54, 1.807) is 0 Å². The molecule has 1 aliphatic carbocycles. The Morgan fingerprint density at radius 3 is 2.83 bits per heavy atom. The van der Waals surface area contributed by atoms with E-state index in [9.17, 15) is 4.79 Å². The summed E-state index contributed by atoms with van der Waals surface area (Å²) in [4.78, 5) is 12.5. The maximum Gasteiger partial charge on any atom is 0.237 e. The highest BCUT2D eigenvalue weighted by atomic mass is 16.5. The number of hydrogen-bond donors (Lipinski definition) is 2. The number of nitrogens with one attached hydrogen (secondary N) is 2. The lowest BCUT2D eigenvalue weighted by Crippen LogP contribution is -2.43. The maximum absolute atomic E-state index is 12.5. The standard InChI is InChI=1S/C19H28N2O2/c1-2-23-13-16-9-4-3-8-15(16)12-20-19(22)18-11-14-7-5-6-10-17(14)21-18/h3-4,8-9,14,17-18,21H,2,5-7,10-13H2,1H3,(H,20,22). The third-order valence-corrected chi connectivity index (χ3v) is 5.21. The van der Waals surface area contributed by atoms with Crippen LogP contribution in [0.25, 0.3) is 0 Å². The van der Waals surface area contributed by atoms with Gasteiger partial charge in [-0.1, -0.05) is 37.1 Å². The fraction of sp³-hybridized carbons (Fsp3) is 0.632. The average Bonchev–Trinajstić information content (AvgIpc) is 3.02. The molecule has 1 saturated carbocycles. The summed E-state index contributed by atoms with van der Waals surface area (Å²) in [5.74, 6) is 0.843. The van der Waals surface area contributed by atoms with Crippen LogP contribution in [0.2, 0.25) is 0 Å². The van der Waals surface area contributed by atoms with E-state index in [0.717, 1.165) is 17.5 Å². The van der Waals surface area contributed by atoms with Gasteiger partial charge in [-0.05, 0) is 43.2 Å². The highest BCUT2D eigenvalue weighted by Gasteiger charge is 2.37. The van der Waals surface area contributed by atoms with E-state index in [0.29, 0.717) is 31.7 Å². The van der Waals surface area contributed by atoms with E-state index >= 15 is 0 Å². The van der Waals surface area contributed by atoms with Crippen molar-refractivity contribution in [3.8, 4) is 0 Å². The fourth-order valence-corrected chi connectivity index (χ4v) is 3.91. The summed E-state index contributed by atoms with van der Waals surface area (Å²) in [6.45, 7) is 3.88. The van der Waals surface area contributed by atoms with Gasteiger partial charge < -0.3 is 15.4 Å². The Labute approximate surface area is 139 Å². The van der Waals surface area contributed by atoms with Crippen LogP contribution in [0.15, 0.2) is 24.3 Å². The van der Waals surface area contributed by atoms with Crippen molar-refractivity contribution in [2.45, 2.75) is 64.3 Å². The molecule has 3 rings (SSSR count). The van der Waals surface area contributed by atoms with Crippen LogP contribution in [-0.4, -0.2) is 24.6 Å². The number of ether oxygens (including phenoxy) is 1. The topological polar surface area (TPSA) is 50.4 Å². The van der Waals surface area contributed by atoms with Crippen LogP contribution in [0.1, 0.15) is 50.2 Å². The number of fused-ring (bicyclic) bond motifs is 1. The van der Waals surface area contributed by atoms with Crippen molar-refractivity contribution in [3.05, 3.63) is 35.4 Å². The van der Waals surface area contributed by atoms with E-state index in [4.69, 9.17) is 4.74 Å². The zero-order valence-corrected chi connectivity index (χ0v) is 14.0. The van der Waals surface area contributed by atoms with Crippen molar-refractivity contribution >= 4 is 5.91 Å². The molecule has 2 fully saturated rings. The molecule has 3 unspecified atom stereocenters. The lowest BCUT2D eigenvalue weighted by molar-refractivity contribution is -0.123. The molecule has 1 saturated heterocycles. The number of benzene rings is 1. The monoisotopic (exact) mass is 316 g/mol. The molecule has 4 nitrogen and oxygen atoms in total. The molecule has 3 atom stereocenters. The Morgan fingerprint density at radius 1 is 1.26 bits per heavy atom. The number of carbonyl (C=O) groups is 1. The zero-order valence-electron chi connectivity index (χ0n) is 14.0. The predicted molar refractivity (Wildman–Crippen MR) is 90.9 cm³/mol. The Balaban J connectivity index is 1.53. The summed E-state index contributed by atoms with van der Waals surface area (Å²) in [6, 6.07) is 8.71. The van der Waals surface area contributed by atoms with Crippen LogP contribution < -0.4 is 10.6 Å². The average molecular weight is 316 g/mol. The minimum Gasteiger partial charge on any atom is -0.377 e. The van der Waals surface area contributed by atoms with Crippen LogP contribution in [0.5, 0.6) is 0 Å². The number of carbonyl (C=O) groups excluding carboxylic acids is 1. The third-order valence-electron chi connectivity index (χ3n) is 5.21. The third kappa shape index (κ3) is 4.12. The van der Waals surface area contributed by atoms with Gasteiger partial charge in [0.1, 0.15) is 0 Å². The highest BCUT2D eigenvalue weighted by molar-refractivity contribution is 5.82. The van der Waals surface area contributed by atoms with Gasteiger partial charge in [-0.15, -0.1) is 0 Å². The predicted octanol–water partition coefficient (Wildman–Crippen LogP) is 2.76. The van der Waals surface area contributed by atoms with Crippen LogP contribution in [-0.2, 0) is 22.7 Å². The second-order valence-corrected chi connectivity index (χ2v) is 6.73. The maximum atomic E-state index is 12.5. The summed E-state index contributed by atoms with van der Waals surface area (Å²) in [5, 5.41) is 6.65. The van der Waals surface area contributed by atoms with Crippen LogP contribution in [0, 0.1) is 5.92 Å². The molecule has 1 aliphatic heterocycles. The van der Waals surface area contributed by atoms with E-state index in [-0.39, 0.29) is 11.9 Å². The Bertz CT molecular complexity index is 518. The lowest BCUT2D eigenvalue weighted by Gasteiger charge is -2.24. The van der Waals surface area contributed by atoms with Crippen molar-refractivity contribution in [2.75, 3.05) is 6.61 Å². The molecule has 0 spiro atoms. The molecule has 23 heavy (non-hydrogen) atoms. The Hall–Kier alpha value is -1.39. The van der Waals surface area contributed by atoms with Gasteiger partial charge in [-0.3, -0.25) is 4.79 Å². The summed E-state index contributed by atoms with van der Waals surface area (Å²) < 4.78 is 5.51. The van der Waals surface area contributed by atoms with Crippen LogP contribution in [0.3, 0.4) is 0 Å². The quantitative estimate of drug-likeness (QED) is 0.848. The number of amides is 1. The molecule has 2 N–H and O–H groups in total. The summed E-state index contributed by atoms with van der Waals surface area (Å²) in [7, 11) is 0. The molecule has 0 bridgehead atoms. The van der Waals surface area contributed by atoms with Gasteiger partial charge in [0.05, 0.1) is 12.6 Å². The minimum absolute atomic E-state index is 0.0119. The molecular formula is C19H28N2O2. The SMILES string of the molecule is CCOCc1ccccc1CNC(=O)C1CC2CCCCC2N1. The first-order chi connectivity index (χ1) is 11.3. The van der Waals surface area contributed by atoms with E-state index < -0.39 is 0 Å². The molecule has 0 aromatic heterocycles. The van der Waals surface area contributed by atoms with Gasteiger partial charge in [0, 0.05) is 19.2 Å². The van der Waals surface area contributed by atoms with Crippen molar-refractivity contribution in [3.63, 3.8) is 0 Å².